The largest absolute Gasteiger partial charge is 0.495 e. The quantitative estimate of drug-likeness (QED) is 0.547. The van der Waals surface area contributed by atoms with Crippen molar-refractivity contribution in [2.24, 2.45) is 0 Å². The topological polar surface area (TPSA) is 78.4 Å². The molecular formula is C8H9BN2O3. The number of aromatic nitrogens is 2. The number of aromatic amines is 1. The van der Waals surface area contributed by atoms with E-state index in [-0.39, 0.29) is 0 Å². The van der Waals surface area contributed by atoms with E-state index in [4.69, 9.17) is 14.8 Å². The van der Waals surface area contributed by atoms with Crippen LogP contribution in [0.4, 0.5) is 0 Å². The fourth-order valence-corrected chi connectivity index (χ4v) is 1.43. The Morgan fingerprint density at radius 3 is 2.86 bits per heavy atom. The van der Waals surface area contributed by atoms with Crippen LogP contribution in [0, 0.1) is 0 Å². The van der Waals surface area contributed by atoms with Crippen molar-refractivity contribution in [1.29, 1.82) is 0 Å². The van der Waals surface area contributed by atoms with E-state index in [0.717, 1.165) is 5.39 Å². The smallest absolute Gasteiger partial charge is 0.492 e. The van der Waals surface area contributed by atoms with Crippen molar-refractivity contribution >= 4 is 23.5 Å². The fraction of sp³-hybridized carbons (Fsp3) is 0.125. The third-order valence-electron chi connectivity index (χ3n) is 2.08. The van der Waals surface area contributed by atoms with Crippen LogP contribution < -0.4 is 10.2 Å². The molecule has 6 heteroatoms. The van der Waals surface area contributed by atoms with E-state index in [1.807, 2.05) is 0 Å². The molecule has 0 amide bonds. The second-order valence-corrected chi connectivity index (χ2v) is 2.90. The number of hydrogen-bond acceptors (Lipinski definition) is 4. The molecule has 14 heavy (non-hydrogen) atoms. The summed E-state index contributed by atoms with van der Waals surface area (Å²) in [5.74, 6) is 0.412. The maximum atomic E-state index is 9.07. The molecule has 0 atom stereocenters. The molecule has 0 fully saturated rings. The number of methoxy groups -OCH3 is 1. The summed E-state index contributed by atoms with van der Waals surface area (Å²) in [6, 6.07) is 3.34. The summed E-state index contributed by atoms with van der Waals surface area (Å²) >= 11 is 0. The lowest BCUT2D eigenvalue weighted by molar-refractivity contribution is 0.405. The highest BCUT2D eigenvalue weighted by atomic mass is 16.5. The highest BCUT2D eigenvalue weighted by Crippen LogP contribution is 2.20. The average Bonchev–Trinajstić information content (AvgIpc) is 2.63. The molecular weight excluding hydrogens is 183 g/mol. The van der Waals surface area contributed by atoms with Crippen LogP contribution in [0.15, 0.2) is 18.3 Å². The van der Waals surface area contributed by atoms with Gasteiger partial charge in [-0.25, -0.2) is 0 Å². The standard InChI is InChI=1S/C8H9BN2O3/c1-14-8-6(9(12)13)3-2-5-4-10-11-7(5)8/h2-4,12-13H,1H3,(H,10,11). The SMILES string of the molecule is COc1c(B(O)O)ccc2cn[nH]c12. The molecule has 5 nitrogen and oxygen atoms in total. The van der Waals surface area contributed by atoms with Crippen molar-refractivity contribution in [3.8, 4) is 5.75 Å². The molecule has 1 heterocycles. The molecule has 1 aromatic carbocycles. The first-order valence-corrected chi connectivity index (χ1v) is 4.10. The van der Waals surface area contributed by atoms with Gasteiger partial charge in [0.1, 0.15) is 11.3 Å². The molecule has 72 valence electrons. The molecule has 0 bridgehead atoms. The normalized spacial score (nSPS) is 10.5. The van der Waals surface area contributed by atoms with E-state index in [2.05, 4.69) is 10.2 Å². The minimum Gasteiger partial charge on any atom is -0.495 e. The lowest BCUT2D eigenvalue weighted by Gasteiger charge is -2.07. The zero-order chi connectivity index (χ0) is 10.1. The van der Waals surface area contributed by atoms with Crippen molar-refractivity contribution in [3.05, 3.63) is 18.3 Å². The number of rotatable bonds is 2. The molecule has 0 aliphatic carbocycles. The minimum absolute atomic E-state index is 0.323. The number of nitrogens with zero attached hydrogens (tertiary/aromatic N) is 1. The first-order chi connectivity index (χ1) is 6.74. The third kappa shape index (κ3) is 1.25. The Bertz CT molecular complexity index is 455. The molecule has 0 radical (unpaired) electrons. The molecule has 0 aliphatic rings. The number of hydrogen-bond donors (Lipinski definition) is 3. The van der Waals surface area contributed by atoms with Gasteiger partial charge in [-0.2, -0.15) is 5.10 Å². The van der Waals surface area contributed by atoms with Crippen LogP contribution in [0.1, 0.15) is 0 Å². The van der Waals surface area contributed by atoms with Gasteiger partial charge in [0, 0.05) is 10.8 Å². The molecule has 0 saturated carbocycles. The molecule has 3 N–H and O–H groups in total. The summed E-state index contributed by atoms with van der Waals surface area (Å²) in [5, 5.41) is 25.6. The Hall–Kier alpha value is -1.53. The van der Waals surface area contributed by atoms with E-state index >= 15 is 0 Å². The summed E-state index contributed by atoms with van der Waals surface area (Å²) < 4.78 is 5.09. The van der Waals surface area contributed by atoms with Crippen molar-refractivity contribution in [3.63, 3.8) is 0 Å². The van der Waals surface area contributed by atoms with Crippen LogP contribution >= 0.6 is 0 Å². The maximum absolute atomic E-state index is 9.07. The highest BCUT2D eigenvalue weighted by Gasteiger charge is 2.19. The molecule has 0 aliphatic heterocycles. The minimum atomic E-state index is -1.54. The third-order valence-corrected chi connectivity index (χ3v) is 2.08. The Labute approximate surface area is 80.5 Å². The van der Waals surface area contributed by atoms with Gasteiger partial charge in [-0.3, -0.25) is 5.10 Å². The molecule has 2 aromatic rings. The van der Waals surface area contributed by atoms with E-state index in [0.29, 0.717) is 16.7 Å². The average molecular weight is 192 g/mol. The van der Waals surface area contributed by atoms with Gasteiger partial charge in [-0.1, -0.05) is 12.1 Å². The van der Waals surface area contributed by atoms with Crippen molar-refractivity contribution in [2.75, 3.05) is 7.11 Å². The van der Waals surface area contributed by atoms with Crippen LogP contribution in [0.3, 0.4) is 0 Å². The summed E-state index contributed by atoms with van der Waals surface area (Å²) in [5.41, 5.74) is 0.988. The number of benzene rings is 1. The van der Waals surface area contributed by atoms with Crippen molar-refractivity contribution in [1.82, 2.24) is 10.2 Å². The number of ether oxygens (including phenoxy) is 1. The van der Waals surface area contributed by atoms with Gasteiger partial charge in [0.15, 0.2) is 0 Å². The molecule has 2 rings (SSSR count). The van der Waals surface area contributed by atoms with Crippen LogP contribution in [0.5, 0.6) is 5.75 Å². The molecule has 0 unspecified atom stereocenters. The summed E-state index contributed by atoms with van der Waals surface area (Å²) in [6.07, 6.45) is 1.64. The molecule has 1 aromatic heterocycles. The monoisotopic (exact) mass is 192 g/mol. The predicted molar refractivity (Wildman–Crippen MR) is 52.5 cm³/mol. The van der Waals surface area contributed by atoms with Gasteiger partial charge in [-0.05, 0) is 0 Å². The summed E-state index contributed by atoms with van der Waals surface area (Å²) in [7, 11) is -0.0701. The number of nitrogens with one attached hydrogen (secondary N) is 1. The Kier molecular flexibility index (Phi) is 2.15. The van der Waals surface area contributed by atoms with Gasteiger partial charge in [0.05, 0.1) is 13.3 Å². The molecule has 0 spiro atoms. The highest BCUT2D eigenvalue weighted by molar-refractivity contribution is 6.60. The Morgan fingerprint density at radius 2 is 2.21 bits per heavy atom. The van der Waals surface area contributed by atoms with Gasteiger partial charge in [0.25, 0.3) is 0 Å². The fourth-order valence-electron chi connectivity index (χ4n) is 1.43. The Balaban J connectivity index is 2.72. The van der Waals surface area contributed by atoms with E-state index in [9.17, 15) is 0 Å². The number of fused-ring (bicyclic) bond motifs is 1. The first kappa shape index (κ1) is 9.05. The number of H-pyrrole nitrogens is 1. The van der Waals surface area contributed by atoms with E-state index in [1.165, 1.54) is 7.11 Å². The van der Waals surface area contributed by atoms with Crippen LogP contribution in [-0.2, 0) is 0 Å². The van der Waals surface area contributed by atoms with Gasteiger partial charge in [0.2, 0.25) is 0 Å². The van der Waals surface area contributed by atoms with Crippen LogP contribution in [-0.4, -0.2) is 34.5 Å². The van der Waals surface area contributed by atoms with E-state index in [1.54, 1.807) is 18.3 Å². The first-order valence-electron chi connectivity index (χ1n) is 4.10. The van der Waals surface area contributed by atoms with Crippen molar-refractivity contribution < 1.29 is 14.8 Å². The summed E-state index contributed by atoms with van der Waals surface area (Å²) in [4.78, 5) is 0. The van der Waals surface area contributed by atoms with Crippen LogP contribution in [0.25, 0.3) is 10.9 Å². The predicted octanol–water partition coefficient (Wildman–Crippen LogP) is -0.749. The molecule has 0 saturated heterocycles. The second kappa shape index (κ2) is 3.32. The van der Waals surface area contributed by atoms with Crippen LogP contribution in [0.2, 0.25) is 0 Å². The van der Waals surface area contributed by atoms with Gasteiger partial charge < -0.3 is 14.8 Å². The maximum Gasteiger partial charge on any atom is 0.492 e. The van der Waals surface area contributed by atoms with Gasteiger partial charge >= 0.3 is 7.12 Å². The second-order valence-electron chi connectivity index (χ2n) is 2.90. The van der Waals surface area contributed by atoms with Crippen molar-refractivity contribution in [2.45, 2.75) is 0 Å². The van der Waals surface area contributed by atoms with E-state index < -0.39 is 7.12 Å². The van der Waals surface area contributed by atoms with Gasteiger partial charge in [-0.15, -0.1) is 0 Å². The zero-order valence-corrected chi connectivity index (χ0v) is 7.56. The zero-order valence-electron chi connectivity index (χ0n) is 7.56. The Morgan fingerprint density at radius 1 is 1.43 bits per heavy atom. The lowest BCUT2D eigenvalue weighted by Crippen LogP contribution is -2.31. The summed E-state index contributed by atoms with van der Waals surface area (Å²) in [6.45, 7) is 0. The lowest BCUT2D eigenvalue weighted by atomic mass is 9.79.